The fourth-order valence-electron chi connectivity index (χ4n) is 2.77. The maximum absolute atomic E-state index is 4.19. The molecule has 2 aromatic rings. The SMILES string of the molecule is C[N-]C1CCCC1.Cc1c[c-](C)c(C)c1C.[SiH2]c1ccccc1.[Ti+2]. The second-order valence-electron chi connectivity index (χ2n) is 6.44. The van der Waals surface area contributed by atoms with Gasteiger partial charge in [-0.2, -0.15) is 35.4 Å². The first kappa shape index (κ1) is 23.5. The molecule has 1 nitrogen and oxygen atoms in total. The van der Waals surface area contributed by atoms with Gasteiger partial charge < -0.3 is 5.32 Å². The Morgan fingerprint density at radius 1 is 1.04 bits per heavy atom. The Morgan fingerprint density at radius 3 is 1.79 bits per heavy atom. The third-order valence-corrected chi connectivity index (χ3v) is 5.18. The van der Waals surface area contributed by atoms with Crippen molar-refractivity contribution in [2.24, 2.45) is 0 Å². The number of rotatable bonds is 1. The summed E-state index contributed by atoms with van der Waals surface area (Å²) in [4.78, 5) is 0. The van der Waals surface area contributed by atoms with Crippen LogP contribution in [0.2, 0.25) is 0 Å². The minimum Gasteiger partial charge on any atom is -0.662 e. The van der Waals surface area contributed by atoms with Gasteiger partial charge in [-0.1, -0.05) is 88.9 Å². The van der Waals surface area contributed by atoms with Crippen LogP contribution in [-0.4, -0.2) is 23.3 Å². The zero-order valence-electron chi connectivity index (χ0n) is 16.0. The van der Waals surface area contributed by atoms with Crippen LogP contribution in [0, 0.1) is 27.7 Å². The van der Waals surface area contributed by atoms with Crippen molar-refractivity contribution in [3.05, 3.63) is 64.0 Å². The van der Waals surface area contributed by atoms with Crippen molar-refractivity contribution < 1.29 is 21.7 Å². The summed E-state index contributed by atoms with van der Waals surface area (Å²) in [6, 6.07) is 13.3. The summed E-state index contributed by atoms with van der Waals surface area (Å²) in [6.07, 6.45) is 5.50. The van der Waals surface area contributed by atoms with Crippen LogP contribution in [0.3, 0.4) is 0 Å². The van der Waals surface area contributed by atoms with Gasteiger partial charge in [0.25, 0.3) is 0 Å². The van der Waals surface area contributed by atoms with E-state index < -0.39 is 0 Å². The van der Waals surface area contributed by atoms with E-state index in [-0.39, 0.29) is 21.7 Å². The van der Waals surface area contributed by atoms with Crippen LogP contribution in [0.1, 0.15) is 47.9 Å². The monoisotopic (exact) mass is 374 g/mol. The summed E-state index contributed by atoms with van der Waals surface area (Å²) in [5.74, 6) is 0. The van der Waals surface area contributed by atoms with Crippen molar-refractivity contribution in [3.63, 3.8) is 0 Å². The van der Waals surface area contributed by atoms with Crippen LogP contribution in [0.25, 0.3) is 5.32 Å². The molecule has 0 N–H and O–H groups in total. The Balaban J connectivity index is 0.000000327. The number of aryl methyl sites for hydroxylation is 2. The summed E-state index contributed by atoms with van der Waals surface area (Å²) in [7, 11) is 3.83. The molecule has 129 valence electrons. The van der Waals surface area contributed by atoms with Gasteiger partial charge in [0.1, 0.15) is 0 Å². The summed E-state index contributed by atoms with van der Waals surface area (Å²) < 4.78 is 0. The molecular weight excluding hydrogens is 342 g/mol. The molecule has 2 aromatic carbocycles. The van der Waals surface area contributed by atoms with Crippen molar-refractivity contribution in [2.75, 3.05) is 7.05 Å². The summed E-state index contributed by atoms with van der Waals surface area (Å²) >= 11 is 0. The molecule has 0 aromatic heterocycles. The molecule has 1 saturated carbocycles. The van der Waals surface area contributed by atoms with Gasteiger partial charge in [-0.25, -0.2) is 0 Å². The minimum atomic E-state index is 0. The van der Waals surface area contributed by atoms with E-state index in [0.29, 0.717) is 0 Å². The first-order valence-corrected chi connectivity index (χ1v) is 9.32. The number of benzene rings is 1. The number of hydrogen-bond donors (Lipinski definition) is 0. The van der Waals surface area contributed by atoms with Crippen molar-refractivity contribution in [1.29, 1.82) is 0 Å². The predicted octanol–water partition coefficient (Wildman–Crippen LogP) is 4.51. The molecule has 1 aliphatic rings. The minimum absolute atomic E-state index is 0. The zero-order valence-corrected chi connectivity index (χ0v) is 19.0. The molecule has 0 atom stereocenters. The molecule has 0 unspecified atom stereocenters. The van der Waals surface area contributed by atoms with Crippen LogP contribution in [0.15, 0.2) is 36.4 Å². The van der Waals surface area contributed by atoms with E-state index in [1.165, 1.54) is 53.1 Å². The second-order valence-corrected chi connectivity index (χ2v) is 7.26. The molecule has 1 fully saturated rings. The average molecular weight is 374 g/mol. The molecule has 24 heavy (non-hydrogen) atoms. The quantitative estimate of drug-likeness (QED) is 0.515. The van der Waals surface area contributed by atoms with Crippen molar-refractivity contribution in [3.8, 4) is 0 Å². The van der Waals surface area contributed by atoms with Crippen LogP contribution in [-0.2, 0) is 21.7 Å². The average Bonchev–Trinajstić information content (AvgIpc) is 3.15. The van der Waals surface area contributed by atoms with Crippen LogP contribution in [0.4, 0.5) is 0 Å². The Labute approximate surface area is 167 Å². The van der Waals surface area contributed by atoms with E-state index in [4.69, 9.17) is 0 Å². The second kappa shape index (κ2) is 12.8. The largest absolute Gasteiger partial charge is 2.00 e. The molecule has 3 rings (SSSR count). The van der Waals surface area contributed by atoms with Gasteiger partial charge in [0.2, 0.25) is 0 Å². The van der Waals surface area contributed by atoms with Crippen LogP contribution < -0.4 is 5.19 Å². The molecule has 0 amide bonds. The molecule has 0 heterocycles. The fraction of sp³-hybridized carbons (Fsp3) is 0.476. The van der Waals surface area contributed by atoms with Crippen LogP contribution >= 0.6 is 0 Å². The molecule has 0 aliphatic heterocycles. The van der Waals surface area contributed by atoms with E-state index >= 15 is 0 Å². The molecule has 1 aliphatic carbocycles. The molecule has 1 radical (unpaired) electrons. The molecular formula is C21H32NSiTi. The molecule has 3 heteroatoms. The number of hydrogen-bond acceptors (Lipinski definition) is 0. The topological polar surface area (TPSA) is 14.1 Å². The maximum atomic E-state index is 4.19. The normalized spacial score (nSPS) is 13.2. The number of nitrogens with zero attached hydrogens (tertiary/aromatic N) is 1. The Bertz CT molecular complexity index is 534. The first-order chi connectivity index (χ1) is 11.0. The van der Waals surface area contributed by atoms with Gasteiger partial charge >= 0.3 is 21.7 Å². The van der Waals surface area contributed by atoms with E-state index in [1.54, 1.807) is 0 Å². The van der Waals surface area contributed by atoms with E-state index in [9.17, 15) is 0 Å². The Hall–Kier alpha value is -0.539. The third-order valence-electron chi connectivity index (χ3n) is 4.71. The predicted molar refractivity (Wildman–Crippen MR) is 107 cm³/mol. The van der Waals surface area contributed by atoms with Crippen molar-refractivity contribution in [2.45, 2.75) is 59.4 Å². The fourth-order valence-corrected chi connectivity index (χ4v) is 3.05. The van der Waals surface area contributed by atoms with Gasteiger partial charge in [-0.15, -0.1) is 6.04 Å². The van der Waals surface area contributed by atoms with E-state index in [2.05, 4.69) is 51.2 Å². The van der Waals surface area contributed by atoms with Gasteiger partial charge in [0, 0.05) is 10.2 Å². The maximum Gasteiger partial charge on any atom is 2.00 e. The van der Waals surface area contributed by atoms with Gasteiger partial charge in [-0.05, 0) is 0 Å². The standard InChI is InChI=1S/C9H13.C6H12N.C6H7Si.Ti/c1-6-5-7(2)9(4)8(6)3;1-7-6-4-2-3-5-6;7-6-4-2-1-3-5-6;/h5H,1-4H3;6H,2-5H2,1H3;1-5H,7H2;/q2*-1;;+2. The van der Waals surface area contributed by atoms with Crippen LogP contribution in [0.5, 0.6) is 0 Å². The zero-order chi connectivity index (χ0) is 17.2. The molecule has 0 saturated heterocycles. The van der Waals surface area contributed by atoms with Gasteiger partial charge in [-0.3, -0.25) is 0 Å². The van der Waals surface area contributed by atoms with Gasteiger partial charge in [0.05, 0.1) is 0 Å². The molecule has 0 spiro atoms. The first-order valence-electron chi connectivity index (χ1n) is 8.61. The molecule has 0 bridgehead atoms. The Kier molecular flexibility index (Phi) is 12.5. The summed E-state index contributed by atoms with van der Waals surface area (Å²) in [5.41, 5.74) is 5.75. The van der Waals surface area contributed by atoms with Crippen molar-refractivity contribution >= 4 is 15.4 Å². The van der Waals surface area contributed by atoms with Gasteiger partial charge in [0.15, 0.2) is 0 Å². The van der Waals surface area contributed by atoms with Crippen molar-refractivity contribution in [1.82, 2.24) is 0 Å². The Morgan fingerprint density at radius 2 is 1.58 bits per heavy atom. The van der Waals surface area contributed by atoms with E-state index in [0.717, 1.165) is 6.04 Å². The smallest absolute Gasteiger partial charge is 0.662 e. The third kappa shape index (κ3) is 8.53. The summed E-state index contributed by atoms with van der Waals surface area (Å²) in [5, 5.41) is 5.54. The van der Waals surface area contributed by atoms with E-state index in [1.807, 2.05) is 35.5 Å². The summed E-state index contributed by atoms with van der Waals surface area (Å²) in [6.45, 7) is 8.68.